The molecule has 4 nitrogen and oxygen atoms in total. The maximum Gasteiger partial charge on any atom is 0.195 e. The maximum atomic E-state index is 12.6. The molecule has 2 N–H and O–H groups in total. The lowest BCUT2D eigenvalue weighted by Gasteiger charge is -2.26. The molecule has 23 heavy (non-hydrogen) atoms. The summed E-state index contributed by atoms with van der Waals surface area (Å²) in [6, 6.07) is 15.0. The first-order valence-electron chi connectivity index (χ1n) is 8.03. The Kier molecular flexibility index (Phi) is 5.05. The molecule has 4 heteroatoms. The van der Waals surface area contributed by atoms with Gasteiger partial charge < -0.3 is 10.5 Å². The fourth-order valence-electron chi connectivity index (χ4n) is 2.88. The Balaban J connectivity index is 1.74. The average molecular weight is 310 g/mol. The van der Waals surface area contributed by atoms with Gasteiger partial charge in [0.25, 0.3) is 0 Å². The zero-order valence-electron chi connectivity index (χ0n) is 13.2. The van der Waals surface area contributed by atoms with Gasteiger partial charge in [0.2, 0.25) is 0 Å². The zero-order valence-corrected chi connectivity index (χ0v) is 13.2. The third kappa shape index (κ3) is 3.78. The third-order valence-corrected chi connectivity index (χ3v) is 4.28. The molecule has 0 unspecified atom stereocenters. The van der Waals surface area contributed by atoms with Gasteiger partial charge in [-0.3, -0.25) is 9.69 Å². The topological polar surface area (TPSA) is 55.6 Å². The summed E-state index contributed by atoms with van der Waals surface area (Å²) in [5, 5.41) is 0. The summed E-state index contributed by atoms with van der Waals surface area (Å²) in [7, 11) is 0. The second-order valence-electron chi connectivity index (χ2n) is 5.78. The van der Waals surface area contributed by atoms with Crippen molar-refractivity contribution >= 4 is 11.5 Å². The van der Waals surface area contributed by atoms with Crippen LogP contribution in [0.25, 0.3) is 0 Å². The van der Waals surface area contributed by atoms with Gasteiger partial charge >= 0.3 is 0 Å². The molecule has 1 aliphatic heterocycles. The molecule has 1 heterocycles. The van der Waals surface area contributed by atoms with Crippen LogP contribution in [0, 0.1) is 0 Å². The zero-order chi connectivity index (χ0) is 16.1. The molecule has 2 aromatic carbocycles. The normalized spacial score (nSPS) is 15.5. The Morgan fingerprint density at radius 3 is 2.52 bits per heavy atom. The molecular weight excluding hydrogens is 288 g/mol. The summed E-state index contributed by atoms with van der Waals surface area (Å²) >= 11 is 0. The van der Waals surface area contributed by atoms with E-state index in [-0.39, 0.29) is 5.78 Å². The van der Waals surface area contributed by atoms with Crippen molar-refractivity contribution in [1.29, 1.82) is 0 Å². The highest BCUT2D eigenvalue weighted by atomic mass is 16.5. The van der Waals surface area contributed by atoms with E-state index in [2.05, 4.69) is 4.90 Å². The smallest absolute Gasteiger partial charge is 0.195 e. The van der Waals surface area contributed by atoms with Gasteiger partial charge in [-0.15, -0.1) is 0 Å². The molecule has 1 aliphatic rings. The molecule has 0 spiro atoms. The first-order chi connectivity index (χ1) is 11.3. The van der Waals surface area contributed by atoms with Crippen LogP contribution in [0.3, 0.4) is 0 Å². The van der Waals surface area contributed by atoms with Crippen LogP contribution in [-0.2, 0) is 11.2 Å². The Bertz CT molecular complexity index is 664. The third-order valence-electron chi connectivity index (χ3n) is 4.28. The van der Waals surface area contributed by atoms with Gasteiger partial charge in [0.1, 0.15) is 0 Å². The number of ether oxygens (including phenoxy) is 1. The lowest BCUT2D eigenvalue weighted by Crippen LogP contribution is -2.37. The second-order valence-corrected chi connectivity index (χ2v) is 5.78. The first kappa shape index (κ1) is 15.7. The first-order valence-corrected chi connectivity index (χ1v) is 8.03. The largest absolute Gasteiger partial charge is 0.398 e. The fraction of sp³-hybridized carbons (Fsp3) is 0.316. The van der Waals surface area contributed by atoms with E-state index in [1.54, 1.807) is 0 Å². The average Bonchev–Trinajstić information content (AvgIpc) is 2.62. The van der Waals surface area contributed by atoms with E-state index in [1.807, 2.05) is 48.5 Å². The number of rotatable bonds is 5. The van der Waals surface area contributed by atoms with Gasteiger partial charge in [0, 0.05) is 36.4 Å². The lowest BCUT2D eigenvalue weighted by molar-refractivity contribution is 0.0384. The standard InChI is InChI=1S/C19H22N2O2/c20-18-15(9-10-21-11-13-23-14-12-21)7-4-8-17(18)19(22)16-5-2-1-3-6-16/h1-8H,9-14,20H2. The van der Waals surface area contributed by atoms with E-state index < -0.39 is 0 Å². The van der Waals surface area contributed by atoms with Crippen molar-refractivity contribution in [2.24, 2.45) is 0 Å². The summed E-state index contributed by atoms with van der Waals surface area (Å²) in [6.07, 6.45) is 0.849. The van der Waals surface area contributed by atoms with Gasteiger partial charge in [0.05, 0.1) is 13.2 Å². The van der Waals surface area contributed by atoms with Crippen LogP contribution < -0.4 is 5.73 Å². The molecule has 2 aromatic rings. The summed E-state index contributed by atoms with van der Waals surface area (Å²) < 4.78 is 5.36. The van der Waals surface area contributed by atoms with Gasteiger partial charge in [-0.25, -0.2) is 0 Å². The van der Waals surface area contributed by atoms with Crippen molar-refractivity contribution < 1.29 is 9.53 Å². The van der Waals surface area contributed by atoms with Crippen molar-refractivity contribution in [2.75, 3.05) is 38.6 Å². The Morgan fingerprint density at radius 2 is 1.78 bits per heavy atom. The molecule has 3 rings (SSSR count). The predicted octanol–water partition coefficient (Wildman–Crippen LogP) is 2.37. The molecule has 120 valence electrons. The molecule has 1 fully saturated rings. The molecule has 0 atom stereocenters. The molecule has 0 amide bonds. The van der Waals surface area contributed by atoms with E-state index in [0.29, 0.717) is 16.8 Å². The van der Waals surface area contributed by atoms with Crippen molar-refractivity contribution in [3.8, 4) is 0 Å². The number of carbonyl (C=O) groups excluding carboxylic acids is 1. The second kappa shape index (κ2) is 7.40. The Hall–Kier alpha value is -2.17. The SMILES string of the molecule is Nc1c(CCN2CCOCC2)cccc1C(=O)c1ccccc1. The van der Waals surface area contributed by atoms with Crippen molar-refractivity contribution in [3.05, 3.63) is 65.2 Å². The van der Waals surface area contributed by atoms with Crippen LogP contribution in [0.1, 0.15) is 21.5 Å². The minimum atomic E-state index is -0.0173. The molecule has 0 radical (unpaired) electrons. The monoisotopic (exact) mass is 310 g/mol. The number of carbonyl (C=O) groups is 1. The lowest BCUT2D eigenvalue weighted by atomic mass is 9.97. The molecule has 0 aromatic heterocycles. The highest BCUT2D eigenvalue weighted by molar-refractivity contribution is 6.12. The predicted molar refractivity (Wildman–Crippen MR) is 91.7 cm³/mol. The van der Waals surface area contributed by atoms with E-state index in [4.69, 9.17) is 10.5 Å². The van der Waals surface area contributed by atoms with Gasteiger partial charge in [0.15, 0.2) is 5.78 Å². The van der Waals surface area contributed by atoms with Gasteiger partial charge in [-0.1, -0.05) is 42.5 Å². The van der Waals surface area contributed by atoms with Crippen molar-refractivity contribution in [3.63, 3.8) is 0 Å². The van der Waals surface area contributed by atoms with E-state index in [0.717, 1.165) is 44.8 Å². The van der Waals surface area contributed by atoms with Crippen LogP contribution >= 0.6 is 0 Å². The summed E-state index contributed by atoms with van der Waals surface area (Å²) in [5.41, 5.74) is 9.18. The molecule has 0 aliphatic carbocycles. The number of hydrogen-bond donors (Lipinski definition) is 1. The van der Waals surface area contributed by atoms with Crippen LogP contribution in [-0.4, -0.2) is 43.5 Å². The number of morpholine rings is 1. The maximum absolute atomic E-state index is 12.6. The van der Waals surface area contributed by atoms with Crippen LogP contribution in [0.15, 0.2) is 48.5 Å². The summed E-state index contributed by atoms with van der Waals surface area (Å²) in [4.78, 5) is 15.0. The fourth-order valence-corrected chi connectivity index (χ4v) is 2.88. The van der Waals surface area contributed by atoms with Crippen LogP contribution in [0.4, 0.5) is 5.69 Å². The minimum Gasteiger partial charge on any atom is -0.398 e. The number of nitrogen functional groups attached to an aromatic ring is 1. The number of benzene rings is 2. The van der Waals surface area contributed by atoms with Crippen LogP contribution in [0.5, 0.6) is 0 Å². The number of nitrogens with two attached hydrogens (primary N) is 1. The number of anilines is 1. The van der Waals surface area contributed by atoms with Crippen molar-refractivity contribution in [1.82, 2.24) is 4.90 Å². The van der Waals surface area contributed by atoms with E-state index >= 15 is 0 Å². The van der Waals surface area contributed by atoms with Crippen LogP contribution in [0.2, 0.25) is 0 Å². The Labute approximate surface area is 136 Å². The molecule has 0 bridgehead atoms. The summed E-state index contributed by atoms with van der Waals surface area (Å²) in [6.45, 7) is 4.45. The quantitative estimate of drug-likeness (QED) is 0.680. The number of hydrogen-bond acceptors (Lipinski definition) is 4. The Morgan fingerprint density at radius 1 is 1.04 bits per heavy atom. The molecule has 1 saturated heterocycles. The highest BCUT2D eigenvalue weighted by Gasteiger charge is 2.15. The van der Waals surface area contributed by atoms with Gasteiger partial charge in [-0.05, 0) is 18.1 Å². The number of para-hydroxylation sites is 1. The summed E-state index contributed by atoms with van der Waals surface area (Å²) in [5.74, 6) is -0.0173. The van der Waals surface area contributed by atoms with E-state index in [1.165, 1.54) is 0 Å². The highest BCUT2D eigenvalue weighted by Crippen LogP contribution is 2.21. The molecule has 0 saturated carbocycles. The molecular formula is C19H22N2O2. The van der Waals surface area contributed by atoms with Gasteiger partial charge in [-0.2, -0.15) is 0 Å². The van der Waals surface area contributed by atoms with Crippen molar-refractivity contribution in [2.45, 2.75) is 6.42 Å². The number of nitrogens with zero attached hydrogens (tertiary/aromatic N) is 1. The minimum absolute atomic E-state index is 0.0173. The number of ketones is 1. The van der Waals surface area contributed by atoms with E-state index in [9.17, 15) is 4.79 Å².